The van der Waals surface area contributed by atoms with Crippen LogP contribution in [0, 0.1) is 11.8 Å². The second kappa shape index (κ2) is 23.1. The van der Waals surface area contributed by atoms with E-state index in [1.165, 1.54) is 14.2 Å². The fraction of sp³-hybridized carbons (Fsp3) is 0.520. The van der Waals surface area contributed by atoms with Crippen molar-refractivity contribution in [2.75, 3.05) is 40.4 Å². The van der Waals surface area contributed by atoms with Crippen molar-refractivity contribution < 1.29 is 38.1 Å². The number of amides is 2. The van der Waals surface area contributed by atoms with Crippen molar-refractivity contribution in [2.45, 2.75) is 118 Å². The van der Waals surface area contributed by atoms with Gasteiger partial charge in [0.25, 0.3) is 0 Å². The van der Waals surface area contributed by atoms with Gasteiger partial charge in [0.1, 0.15) is 11.2 Å². The summed E-state index contributed by atoms with van der Waals surface area (Å²) in [6, 6.07) is 20.1. The van der Waals surface area contributed by atoms with Gasteiger partial charge in [0.05, 0.1) is 31.7 Å². The smallest absolute Gasteiger partial charge is 0.410 e. The SMILES string of the molecule is C.C.COC(=O)/C=C(/CC1CCN(C(=O)OC(C)(C)C)CC1)c1cnc2ccccc2c1.COC(=O)CC(CC1CCN(C(=O)OC(C)(C)C)CC1)c1cnc2ccccc2c1. The van der Waals surface area contributed by atoms with Gasteiger partial charge in [-0.3, -0.25) is 14.8 Å². The molecule has 6 rings (SSSR count). The summed E-state index contributed by atoms with van der Waals surface area (Å²) in [5.41, 5.74) is 3.79. The summed E-state index contributed by atoms with van der Waals surface area (Å²) < 4.78 is 20.8. The van der Waals surface area contributed by atoms with Crippen molar-refractivity contribution >= 4 is 51.5 Å². The standard InChI is InChI=1S/C24H32N2O4.C24H30N2O4.2CH4/c2*1-24(2,3)30-23(28)26-11-9-17(10-12-26)13-19(15-22(27)29-4)20-14-18-7-5-6-8-21(18)25-16-20;;/h5-8,14,16-17,19H,9-13,15H2,1-4H3;5-8,14-17H,9-13H2,1-4H3;2*1H4/b;19-15-;;. The van der Waals surface area contributed by atoms with Crippen molar-refractivity contribution in [2.24, 2.45) is 11.8 Å². The fourth-order valence-corrected chi connectivity index (χ4v) is 7.68. The number of rotatable bonds is 9. The third kappa shape index (κ3) is 15.4. The number of ether oxygens (including phenoxy) is 4. The quantitative estimate of drug-likeness (QED) is 0.0908. The molecule has 0 radical (unpaired) electrons. The molecule has 1 unspecified atom stereocenters. The number of methoxy groups -OCH3 is 2. The van der Waals surface area contributed by atoms with E-state index in [0.29, 0.717) is 44.4 Å². The number of pyridine rings is 2. The number of piperidine rings is 2. The minimum Gasteiger partial charge on any atom is -0.469 e. The lowest BCUT2D eigenvalue weighted by Gasteiger charge is -2.34. The molecular weight excluding hydrogens is 785 g/mol. The highest BCUT2D eigenvalue weighted by Crippen LogP contribution is 2.34. The van der Waals surface area contributed by atoms with E-state index in [1.54, 1.807) is 15.9 Å². The first-order valence-corrected chi connectivity index (χ1v) is 21.0. The number of aromatic nitrogens is 2. The van der Waals surface area contributed by atoms with Crippen LogP contribution in [-0.4, -0.2) is 95.5 Å². The van der Waals surface area contributed by atoms with Crippen LogP contribution in [0.1, 0.15) is 118 Å². The molecule has 1 atom stereocenters. The maximum atomic E-state index is 12.3. The van der Waals surface area contributed by atoms with Crippen molar-refractivity contribution in [3.8, 4) is 0 Å². The minimum atomic E-state index is -0.493. The van der Waals surface area contributed by atoms with Gasteiger partial charge in [-0.05, 0) is 139 Å². The molecule has 4 heterocycles. The van der Waals surface area contributed by atoms with E-state index in [-0.39, 0.29) is 44.9 Å². The van der Waals surface area contributed by atoms with Crippen LogP contribution in [0.5, 0.6) is 0 Å². The number of carbonyl (C=O) groups excluding carboxylic acids is 4. The summed E-state index contributed by atoms with van der Waals surface area (Å²) in [5, 5.41) is 2.11. The first kappa shape index (κ1) is 50.8. The minimum absolute atomic E-state index is 0. The second-order valence-corrected chi connectivity index (χ2v) is 17.8. The van der Waals surface area contributed by atoms with Crippen LogP contribution >= 0.6 is 0 Å². The van der Waals surface area contributed by atoms with Gasteiger partial charge in [0, 0.05) is 55.4 Å². The van der Waals surface area contributed by atoms with Gasteiger partial charge < -0.3 is 28.7 Å². The van der Waals surface area contributed by atoms with Crippen LogP contribution in [0.4, 0.5) is 9.59 Å². The zero-order chi connectivity index (χ0) is 43.5. The summed E-state index contributed by atoms with van der Waals surface area (Å²) >= 11 is 0. The number of hydrogen-bond acceptors (Lipinski definition) is 10. The molecule has 12 heteroatoms. The lowest BCUT2D eigenvalue weighted by molar-refractivity contribution is -0.141. The van der Waals surface area contributed by atoms with Crippen LogP contribution in [0.15, 0.2) is 79.1 Å². The number of fused-ring (bicyclic) bond motifs is 2. The molecule has 2 saturated heterocycles. The maximum Gasteiger partial charge on any atom is 0.410 e. The van der Waals surface area contributed by atoms with Gasteiger partial charge in [-0.15, -0.1) is 0 Å². The maximum absolute atomic E-state index is 12.3. The molecule has 62 heavy (non-hydrogen) atoms. The number of para-hydroxylation sites is 2. The topological polar surface area (TPSA) is 137 Å². The number of likely N-dealkylation sites (tertiary alicyclic amines) is 2. The summed E-state index contributed by atoms with van der Waals surface area (Å²) in [6.45, 7) is 13.9. The molecule has 4 aromatic rings. The molecule has 0 saturated carbocycles. The monoisotopic (exact) mass is 855 g/mol. The number of nitrogens with zero attached hydrogens (tertiary/aromatic N) is 4. The van der Waals surface area contributed by atoms with E-state index in [0.717, 1.165) is 77.0 Å². The molecule has 2 fully saturated rings. The number of carbonyl (C=O) groups is 4. The number of benzene rings is 2. The van der Waals surface area contributed by atoms with Gasteiger partial charge in [-0.25, -0.2) is 14.4 Å². The van der Waals surface area contributed by atoms with Crippen molar-refractivity contribution in [1.29, 1.82) is 0 Å². The molecule has 0 spiro atoms. The summed E-state index contributed by atoms with van der Waals surface area (Å²) in [7, 11) is 2.81. The Balaban J connectivity index is 0.000000320. The Morgan fingerprint density at radius 3 is 1.68 bits per heavy atom. The van der Waals surface area contributed by atoms with Crippen LogP contribution < -0.4 is 0 Å². The molecule has 2 aromatic heterocycles. The average molecular weight is 855 g/mol. The first-order chi connectivity index (χ1) is 28.5. The Morgan fingerprint density at radius 1 is 0.694 bits per heavy atom. The molecule has 2 aliphatic heterocycles. The molecule has 2 aliphatic rings. The third-order valence-corrected chi connectivity index (χ3v) is 10.8. The van der Waals surface area contributed by atoms with E-state index in [4.69, 9.17) is 18.9 Å². The predicted molar refractivity (Wildman–Crippen MR) is 247 cm³/mol. The largest absolute Gasteiger partial charge is 0.469 e. The van der Waals surface area contributed by atoms with Gasteiger partial charge in [-0.1, -0.05) is 51.3 Å². The molecule has 338 valence electrons. The van der Waals surface area contributed by atoms with Crippen molar-refractivity contribution in [3.63, 3.8) is 0 Å². The zero-order valence-electron chi connectivity index (χ0n) is 36.6. The molecule has 2 amide bonds. The predicted octanol–water partition coefficient (Wildman–Crippen LogP) is 11.0. The summed E-state index contributed by atoms with van der Waals surface area (Å²) in [4.78, 5) is 61.3. The van der Waals surface area contributed by atoms with Crippen LogP contribution in [0.25, 0.3) is 27.4 Å². The number of hydrogen-bond donors (Lipinski definition) is 0. The van der Waals surface area contributed by atoms with E-state index in [9.17, 15) is 19.2 Å². The Kier molecular flexibility index (Phi) is 18.9. The van der Waals surface area contributed by atoms with Gasteiger partial charge in [-0.2, -0.15) is 0 Å². The highest BCUT2D eigenvalue weighted by molar-refractivity contribution is 5.93. The lowest BCUT2D eigenvalue weighted by Crippen LogP contribution is -2.41. The molecule has 0 aliphatic carbocycles. The highest BCUT2D eigenvalue weighted by atomic mass is 16.6. The van der Waals surface area contributed by atoms with E-state index < -0.39 is 11.2 Å². The van der Waals surface area contributed by atoms with Gasteiger partial charge in [0.15, 0.2) is 0 Å². The van der Waals surface area contributed by atoms with Crippen LogP contribution in [0.3, 0.4) is 0 Å². The Hall–Kier alpha value is -5.52. The molecule has 12 nitrogen and oxygen atoms in total. The van der Waals surface area contributed by atoms with Crippen molar-refractivity contribution in [3.05, 3.63) is 90.3 Å². The fourth-order valence-electron chi connectivity index (χ4n) is 7.68. The second-order valence-electron chi connectivity index (χ2n) is 17.8. The van der Waals surface area contributed by atoms with E-state index >= 15 is 0 Å². The highest BCUT2D eigenvalue weighted by Gasteiger charge is 2.30. The molecule has 0 bridgehead atoms. The normalized spacial score (nSPS) is 15.6. The average Bonchev–Trinajstić information content (AvgIpc) is 3.22. The Bertz CT molecular complexity index is 2120. The van der Waals surface area contributed by atoms with Crippen molar-refractivity contribution in [1.82, 2.24) is 19.8 Å². The van der Waals surface area contributed by atoms with Gasteiger partial charge >= 0.3 is 24.1 Å². The lowest BCUT2D eigenvalue weighted by atomic mass is 9.82. The van der Waals surface area contributed by atoms with Crippen LogP contribution in [-0.2, 0) is 28.5 Å². The van der Waals surface area contributed by atoms with Crippen LogP contribution in [0.2, 0.25) is 0 Å². The van der Waals surface area contributed by atoms with E-state index in [1.807, 2.05) is 102 Å². The third-order valence-electron chi connectivity index (χ3n) is 10.8. The zero-order valence-corrected chi connectivity index (χ0v) is 36.6. The first-order valence-electron chi connectivity index (χ1n) is 21.0. The molecule has 2 aromatic carbocycles. The molecule has 0 N–H and O–H groups in total. The number of esters is 2. The molecular formula is C50H70N4O8. The Morgan fingerprint density at radius 2 is 1.18 bits per heavy atom. The Labute approximate surface area is 369 Å². The van der Waals surface area contributed by atoms with Gasteiger partial charge in [0.2, 0.25) is 0 Å². The number of allylic oxidation sites excluding steroid dienone is 1. The van der Waals surface area contributed by atoms with E-state index in [2.05, 4.69) is 22.1 Å². The summed E-state index contributed by atoms with van der Waals surface area (Å²) in [6.07, 6.45) is 10.2. The summed E-state index contributed by atoms with van der Waals surface area (Å²) in [5.74, 6) is 0.271.